The number of benzene rings is 2. The van der Waals surface area contributed by atoms with Gasteiger partial charge in [0, 0.05) is 17.3 Å². The van der Waals surface area contributed by atoms with Gasteiger partial charge in [-0.1, -0.05) is 43.3 Å². The van der Waals surface area contributed by atoms with Crippen molar-refractivity contribution in [3.8, 4) is 11.6 Å². The standard InChI is InChI=1S/C21H17N5O3/c1-2-14-7-3-4-10-16(14)25-20-19(26(27)28)21(24-13-23-20)29-17-11-5-8-15-9-6-12-22-18(15)17/h3-13H,2H2,1H3,(H,23,24,25). The van der Waals surface area contributed by atoms with Crippen molar-refractivity contribution >= 4 is 28.1 Å². The van der Waals surface area contributed by atoms with E-state index in [0.717, 1.165) is 23.1 Å². The van der Waals surface area contributed by atoms with Crippen LogP contribution in [0.3, 0.4) is 0 Å². The van der Waals surface area contributed by atoms with Gasteiger partial charge in [-0.15, -0.1) is 0 Å². The molecule has 0 saturated heterocycles. The number of nitrogens with one attached hydrogen (secondary N) is 1. The molecule has 0 saturated carbocycles. The highest BCUT2D eigenvalue weighted by atomic mass is 16.6. The largest absolute Gasteiger partial charge is 0.431 e. The van der Waals surface area contributed by atoms with Gasteiger partial charge in [-0.2, -0.15) is 4.98 Å². The first-order chi connectivity index (χ1) is 14.2. The molecule has 8 heteroatoms. The molecule has 0 aliphatic rings. The minimum atomic E-state index is -0.551. The summed E-state index contributed by atoms with van der Waals surface area (Å²) in [5, 5.41) is 15.7. The summed E-state index contributed by atoms with van der Waals surface area (Å²) in [5.41, 5.74) is 2.01. The number of nitro groups is 1. The molecule has 0 unspecified atom stereocenters. The van der Waals surface area contributed by atoms with Crippen LogP contribution < -0.4 is 10.1 Å². The highest BCUT2D eigenvalue weighted by Crippen LogP contribution is 2.37. The van der Waals surface area contributed by atoms with Crippen LogP contribution in [0.15, 0.2) is 67.1 Å². The molecule has 0 amide bonds. The predicted octanol–water partition coefficient (Wildman–Crippen LogP) is 5.03. The summed E-state index contributed by atoms with van der Waals surface area (Å²) in [4.78, 5) is 23.7. The number of rotatable bonds is 6. The van der Waals surface area contributed by atoms with E-state index in [1.807, 2.05) is 49.4 Å². The smallest absolute Gasteiger partial charge is 0.373 e. The monoisotopic (exact) mass is 387 g/mol. The summed E-state index contributed by atoms with van der Waals surface area (Å²) in [6.45, 7) is 2.01. The maximum absolute atomic E-state index is 11.8. The van der Waals surface area contributed by atoms with Gasteiger partial charge in [-0.3, -0.25) is 15.1 Å². The van der Waals surface area contributed by atoms with E-state index in [1.165, 1.54) is 6.33 Å². The summed E-state index contributed by atoms with van der Waals surface area (Å²) in [5.74, 6) is 0.290. The molecule has 4 rings (SSSR count). The van der Waals surface area contributed by atoms with Gasteiger partial charge in [0.25, 0.3) is 0 Å². The van der Waals surface area contributed by atoms with E-state index in [9.17, 15) is 10.1 Å². The number of fused-ring (bicyclic) bond motifs is 1. The minimum Gasteiger partial charge on any atom is -0.431 e. The Labute approximate surface area is 166 Å². The van der Waals surface area contributed by atoms with Gasteiger partial charge in [-0.25, -0.2) is 4.98 Å². The molecule has 0 spiro atoms. The molecule has 0 fully saturated rings. The third kappa shape index (κ3) is 3.68. The highest BCUT2D eigenvalue weighted by Gasteiger charge is 2.26. The van der Waals surface area contributed by atoms with Gasteiger partial charge in [0.15, 0.2) is 5.75 Å². The summed E-state index contributed by atoms with van der Waals surface area (Å²) >= 11 is 0. The average Bonchev–Trinajstić information content (AvgIpc) is 2.74. The number of aromatic nitrogens is 3. The molecule has 144 valence electrons. The van der Waals surface area contributed by atoms with Crippen molar-refractivity contribution in [1.29, 1.82) is 0 Å². The van der Waals surface area contributed by atoms with Crippen molar-refractivity contribution < 1.29 is 9.66 Å². The van der Waals surface area contributed by atoms with Crippen LogP contribution in [0.2, 0.25) is 0 Å². The quantitative estimate of drug-likeness (QED) is 0.365. The molecule has 0 bridgehead atoms. The van der Waals surface area contributed by atoms with E-state index < -0.39 is 4.92 Å². The lowest BCUT2D eigenvalue weighted by molar-refractivity contribution is -0.385. The van der Waals surface area contributed by atoms with E-state index in [4.69, 9.17) is 4.74 Å². The molecular weight excluding hydrogens is 370 g/mol. The average molecular weight is 387 g/mol. The number of para-hydroxylation sites is 2. The Morgan fingerprint density at radius 1 is 1.03 bits per heavy atom. The number of pyridine rings is 1. The van der Waals surface area contributed by atoms with E-state index in [-0.39, 0.29) is 17.4 Å². The Morgan fingerprint density at radius 3 is 2.69 bits per heavy atom. The third-order valence-corrected chi connectivity index (χ3v) is 4.42. The Morgan fingerprint density at radius 2 is 1.86 bits per heavy atom. The van der Waals surface area contributed by atoms with Gasteiger partial charge in [0.1, 0.15) is 11.8 Å². The van der Waals surface area contributed by atoms with Crippen molar-refractivity contribution in [3.63, 3.8) is 0 Å². The van der Waals surface area contributed by atoms with Crippen LogP contribution in [0.5, 0.6) is 11.6 Å². The van der Waals surface area contributed by atoms with Gasteiger partial charge in [0.2, 0.25) is 5.82 Å². The number of hydrogen-bond donors (Lipinski definition) is 1. The Balaban J connectivity index is 1.77. The van der Waals surface area contributed by atoms with E-state index >= 15 is 0 Å². The van der Waals surface area contributed by atoms with Crippen LogP contribution in [-0.2, 0) is 6.42 Å². The zero-order chi connectivity index (χ0) is 20.2. The molecule has 0 aliphatic heterocycles. The molecule has 8 nitrogen and oxygen atoms in total. The van der Waals surface area contributed by atoms with Crippen LogP contribution in [0.25, 0.3) is 10.9 Å². The van der Waals surface area contributed by atoms with Crippen molar-refractivity contribution in [2.75, 3.05) is 5.32 Å². The number of ether oxygens (including phenoxy) is 1. The molecular formula is C21H17N5O3. The van der Waals surface area contributed by atoms with Crippen molar-refractivity contribution in [1.82, 2.24) is 15.0 Å². The molecule has 0 radical (unpaired) electrons. The fourth-order valence-electron chi connectivity index (χ4n) is 3.03. The zero-order valence-electron chi connectivity index (χ0n) is 15.6. The molecule has 2 aromatic heterocycles. The predicted molar refractivity (Wildman–Crippen MR) is 110 cm³/mol. The summed E-state index contributed by atoms with van der Waals surface area (Å²) < 4.78 is 5.82. The first-order valence-electron chi connectivity index (χ1n) is 9.03. The van der Waals surface area contributed by atoms with E-state index in [1.54, 1.807) is 18.3 Å². The topological polar surface area (TPSA) is 103 Å². The molecule has 1 N–H and O–H groups in total. The second kappa shape index (κ2) is 7.89. The van der Waals surface area contributed by atoms with Crippen LogP contribution in [0, 0.1) is 10.1 Å². The molecule has 0 aliphatic carbocycles. The number of nitrogens with zero attached hydrogens (tertiary/aromatic N) is 4. The lowest BCUT2D eigenvalue weighted by Gasteiger charge is -2.12. The maximum atomic E-state index is 11.8. The fourth-order valence-corrected chi connectivity index (χ4v) is 3.03. The van der Waals surface area contributed by atoms with Crippen LogP contribution in [0.1, 0.15) is 12.5 Å². The Bertz CT molecular complexity index is 1190. The number of anilines is 2. The minimum absolute atomic E-state index is 0.0640. The van der Waals surface area contributed by atoms with Crippen LogP contribution >= 0.6 is 0 Å². The Hall–Kier alpha value is -4.07. The zero-order valence-corrected chi connectivity index (χ0v) is 15.6. The molecule has 2 heterocycles. The van der Waals surface area contributed by atoms with Gasteiger partial charge in [0.05, 0.1) is 4.92 Å². The van der Waals surface area contributed by atoms with Gasteiger partial charge in [-0.05, 0) is 30.2 Å². The lowest BCUT2D eigenvalue weighted by Crippen LogP contribution is -2.05. The Kier molecular flexibility index (Phi) is 4.98. The number of aryl methyl sites for hydroxylation is 1. The second-order valence-corrected chi connectivity index (χ2v) is 6.20. The van der Waals surface area contributed by atoms with Crippen molar-refractivity contribution in [3.05, 3.63) is 82.8 Å². The molecule has 0 atom stereocenters. The first-order valence-corrected chi connectivity index (χ1v) is 9.03. The maximum Gasteiger partial charge on any atom is 0.373 e. The molecule has 2 aromatic carbocycles. The van der Waals surface area contributed by atoms with Gasteiger partial charge < -0.3 is 10.1 Å². The summed E-state index contributed by atoms with van der Waals surface area (Å²) in [6.07, 6.45) is 3.64. The SMILES string of the molecule is CCc1ccccc1Nc1ncnc(Oc2cccc3cccnc23)c1[N+](=O)[O-]. The third-order valence-electron chi connectivity index (χ3n) is 4.42. The van der Waals surface area contributed by atoms with Crippen LogP contribution in [0.4, 0.5) is 17.2 Å². The summed E-state index contributed by atoms with van der Waals surface area (Å²) in [6, 6.07) is 16.6. The second-order valence-electron chi connectivity index (χ2n) is 6.20. The van der Waals surface area contributed by atoms with Crippen molar-refractivity contribution in [2.24, 2.45) is 0 Å². The molecule has 4 aromatic rings. The lowest BCUT2D eigenvalue weighted by atomic mass is 10.1. The van der Waals surface area contributed by atoms with E-state index in [2.05, 4.69) is 20.3 Å². The fraction of sp³-hybridized carbons (Fsp3) is 0.0952. The first kappa shape index (κ1) is 18.3. The molecule has 29 heavy (non-hydrogen) atoms. The van der Waals surface area contributed by atoms with Crippen molar-refractivity contribution in [2.45, 2.75) is 13.3 Å². The summed E-state index contributed by atoms with van der Waals surface area (Å²) in [7, 11) is 0. The van der Waals surface area contributed by atoms with E-state index in [0.29, 0.717) is 11.3 Å². The van der Waals surface area contributed by atoms with Gasteiger partial charge >= 0.3 is 11.6 Å². The number of hydrogen-bond acceptors (Lipinski definition) is 7. The normalized spacial score (nSPS) is 10.7. The van der Waals surface area contributed by atoms with Crippen LogP contribution in [-0.4, -0.2) is 19.9 Å². The highest BCUT2D eigenvalue weighted by molar-refractivity contribution is 5.84.